The Morgan fingerprint density at radius 3 is 2.59 bits per heavy atom. The highest BCUT2D eigenvalue weighted by molar-refractivity contribution is 6.14. The Labute approximate surface area is 128 Å². The highest BCUT2D eigenvalue weighted by Gasteiger charge is 2.17. The first-order valence-electron chi connectivity index (χ1n) is 6.90. The second-order valence-corrected chi connectivity index (χ2v) is 4.74. The van der Waals surface area contributed by atoms with Gasteiger partial charge in [-0.25, -0.2) is 0 Å². The molecule has 0 fully saturated rings. The predicted molar refractivity (Wildman–Crippen MR) is 81.8 cm³/mol. The van der Waals surface area contributed by atoms with Crippen LogP contribution in [0.25, 0.3) is 6.08 Å². The molecule has 2 aromatic rings. The van der Waals surface area contributed by atoms with Crippen LogP contribution in [0.4, 0.5) is 0 Å². The minimum atomic E-state index is -0.308. The minimum absolute atomic E-state index is 0.0637. The molecular weight excluding hydrogens is 278 g/mol. The fourth-order valence-corrected chi connectivity index (χ4v) is 2.26. The number of ether oxygens (including phenoxy) is 2. The molecule has 0 N–H and O–H groups in total. The van der Waals surface area contributed by atoms with Crippen LogP contribution in [0, 0.1) is 11.3 Å². The van der Waals surface area contributed by atoms with E-state index in [-0.39, 0.29) is 11.4 Å². The van der Waals surface area contributed by atoms with Gasteiger partial charge in [-0.05, 0) is 12.1 Å². The van der Waals surface area contributed by atoms with Crippen molar-refractivity contribution in [3.05, 3.63) is 65.2 Å². The maximum absolute atomic E-state index is 12.4. The van der Waals surface area contributed by atoms with Gasteiger partial charge >= 0.3 is 0 Å². The summed E-state index contributed by atoms with van der Waals surface area (Å²) in [5, 5.41) is 9.31. The number of nitriles is 1. The number of carbonyl (C=O) groups is 1. The molecule has 0 amide bonds. The first-order valence-corrected chi connectivity index (χ1v) is 6.90. The Balaban J connectivity index is 2.00. The SMILES string of the molecule is N#C/C(=C/c1cccc2c1OCCO2)C(=O)c1ccccc1. The van der Waals surface area contributed by atoms with Crippen molar-refractivity contribution in [2.24, 2.45) is 0 Å². The number of benzene rings is 2. The lowest BCUT2D eigenvalue weighted by Crippen LogP contribution is -2.16. The molecule has 0 spiro atoms. The van der Waals surface area contributed by atoms with Crippen LogP contribution in [0.2, 0.25) is 0 Å². The van der Waals surface area contributed by atoms with Crippen LogP contribution >= 0.6 is 0 Å². The van der Waals surface area contributed by atoms with Gasteiger partial charge in [0.25, 0.3) is 0 Å². The molecule has 1 heterocycles. The molecule has 0 bridgehead atoms. The molecule has 22 heavy (non-hydrogen) atoms. The lowest BCUT2D eigenvalue weighted by Gasteiger charge is -2.19. The Hall–Kier alpha value is -3.06. The molecule has 0 radical (unpaired) electrons. The molecule has 0 aliphatic carbocycles. The lowest BCUT2D eigenvalue weighted by atomic mass is 10.0. The number of nitrogens with zero attached hydrogens (tertiary/aromatic N) is 1. The molecule has 4 nitrogen and oxygen atoms in total. The molecule has 1 aliphatic rings. The maximum atomic E-state index is 12.4. The Bertz CT molecular complexity index is 773. The number of carbonyl (C=O) groups excluding carboxylic acids is 1. The summed E-state index contributed by atoms with van der Waals surface area (Å²) >= 11 is 0. The molecular formula is C18H13NO3. The minimum Gasteiger partial charge on any atom is -0.486 e. The number of para-hydroxylation sites is 1. The molecule has 108 valence electrons. The van der Waals surface area contributed by atoms with Gasteiger partial charge in [-0.2, -0.15) is 5.26 Å². The van der Waals surface area contributed by atoms with Crippen molar-refractivity contribution in [3.8, 4) is 17.6 Å². The highest BCUT2D eigenvalue weighted by Crippen LogP contribution is 2.35. The number of hydrogen-bond acceptors (Lipinski definition) is 4. The fourth-order valence-electron chi connectivity index (χ4n) is 2.26. The lowest BCUT2D eigenvalue weighted by molar-refractivity contribution is 0.104. The van der Waals surface area contributed by atoms with Crippen molar-refractivity contribution in [2.75, 3.05) is 13.2 Å². The van der Waals surface area contributed by atoms with Crippen LogP contribution in [0.15, 0.2) is 54.1 Å². The first-order chi connectivity index (χ1) is 10.8. The summed E-state index contributed by atoms with van der Waals surface area (Å²) in [7, 11) is 0. The van der Waals surface area contributed by atoms with Crippen molar-refractivity contribution in [1.82, 2.24) is 0 Å². The van der Waals surface area contributed by atoms with Gasteiger partial charge in [0.1, 0.15) is 24.9 Å². The van der Waals surface area contributed by atoms with Crippen molar-refractivity contribution in [1.29, 1.82) is 5.26 Å². The summed E-state index contributed by atoms with van der Waals surface area (Å²) in [5.74, 6) is 0.893. The molecule has 1 aliphatic heterocycles. The molecule has 0 saturated heterocycles. The molecule has 0 atom stereocenters. The quantitative estimate of drug-likeness (QED) is 0.495. The zero-order valence-electron chi connectivity index (χ0n) is 11.8. The zero-order valence-corrected chi connectivity index (χ0v) is 11.8. The average Bonchev–Trinajstić information content (AvgIpc) is 2.60. The molecule has 0 saturated carbocycles. The largest absolute Gasteiger partial charge is 0.486 e. The zero-order chi connectivity index (χ0) is 15.4. The van der Waals surface area contributed by atoms with E-state index >= 15 is 0 Å². The van der Waals surface area contributed by atoms with Crippen molar-refractivity contribution in [2.45, 2.75) is 0 Å². The molecule has 0 unspecified atom stereocenters. The van der Waals surface area contributed by atoms with E-state index in [1.165, 1.54) is 0 Å². The summed E-state index contributed by atoms with van der Waals surface area (Å²) < 4.78 is 11.1. The van der Waals surface area contributed by atoms with Gasteiger partial charge in [-0.1, -0.05) is 42.5 Å². The third kappa shape index (κ3) is 2.70. The van der Waals surface area contributed by atoms with Crippen LogP contribution in [0.3, 0.4) is 0 Å². The first kappa shape index (κ1) is 13.9. The Morgan fingerprint density at radius 2 is 1.82 bits per heavy atom. The maximum Gasteiger partial charge on any atom is 0.203 e. The monoisotopic (exact) mass is 291 g/mol. The summed E-state index contributed by atoms with van der Waals surface area (Å²) in [6.45, 7) is 0.945. The van der Waals surface area contributed by atoms with Gasteiger partial charge < -0.3 is 9.47 Å². The fraction of sp³-hybridized carbons (Fsp3) is 0.111. The molecule has 0 aromatic heterocycles. The normalized spacial score (nSPS) is 13.3. The van der Waals surface area contributed by atoms with Gasteiger partial charge in [0.15, 0.2) is 11.5 Å². The molecule has 4 heteroatoms. The number of ketones is 1. The number of fused-ring (bicyclic) bond motifs is 1. The van der Waals surface area contributed by atoms with Crippen LogP contribution in [-0.2, 0) is 0 Å². The highest BCUT2D eigenvalue weighted by atomic mass is 16.6. The molecule has 3 rings (SSSR count). The van der Waals surface area contributed by atoms with Crippen molar-refractivity contribution >= 4 is 11.9 Å². The van der Waals surface area contributed by atoms with Crippen LogP contribution < -0.4 is 9.47 Å². The van der Waals surface area contributed by atoms with E-state index < -0.39 is 0 Å². The van der Waals surface area contributed by atoms with Crippen LogP contribution in [0.5, 0.6) is 11.5 Å². The van der Waals surface area contributed by atoms with Gasteiger partial charge in [-0.3, -0.25) is 4.79 Å². The molecule has 2 aromatic carbocycles. The smallest absolute Gasteiger partial charge is 0.203 e. The van der Waals surface area contributed by atoms with Crippen molar-refractivity contribution in [3.63, 3.8) is 0 Å². The number of allylic oxidation sites excluding steroid dienone is 1. The average molecular weight is 291 g/mol. The van der Waals surface area contributed by atoms with E-state index in [1.807, 2.05) is 12.1 Å². The van der Waals surface area contributed by atoms with Gasteiger partial charge in [0.2, 0.25) is 5.78 Å². The predicted octanol–water partition coefficient (Wildman–Crippen LogP) is 3.25. The van der Waals surface area contributed by atoms with Crippen LogP contribution in [-0.4, -0.2) is 19.0 Å². The van der Waals surface area contributed by atoms with E-state index in [1.54, 1.807) is 48.5 Å². The Morgan fingerprint density at radius 1 is 1.05 bits per heavy atom. The second-order valence-electron chi connectivity index (χ2n) is 4.74. The Kier molecular flexibility index (Phi) is 3.88. The van der Waals surface area contributed by atoms with Crippen LogP contribution in [0.1, 0.15) is 15.9 Å². The third-order valence-corrected chi connectivity index (χ3v) is 3.30. The second kappa shape index (κ2) is 6.15. The van der Waals surface area contributed by atoms with E-state index in [0.717, 1.165) is 0 Å². The van der Waals surface area contributed by atoms with Gasteiger partial charge in [-0.15, -0.1) is 0 Å². The van der Waals surface area contributed by atoms with Gasteiger partial charge in [0, 0.05) is 11.1 Å². The number of rotatable bonds is 3. The van der Waals surface area contributed by atoms with E-state index in [9.17, 15) is 10.1 Å². The third-order valence-electron chi connectivity index (χ3n) is 3.30. The van der Waals surface area contributed by atoms with E-state index in [2.05, 4.69) is 0 Å². The summed E-state index contributed by atoms with van der Waals surface area (Å²) in [5.41, 5.74) is 1.21. The van der Waals surface area contributed by atoms with Crippen molar-refractivity contribution < 1.29 is 14.3 Å². The topological polar surface area (TPSA) is 59.3 Å². The number of Topliss-reactive ketones (excluding diaryl/α,β-unsaturated/α-hetero) is 1. The summed E-state index contributed by atoms with van der Waals surface area (Å²) in [4.78, 5) is 12.4. The van der Waals surface area contributed by atoms with E-state index in [0.29, 0.717) is 35.8 Å². The van der Waals surface area contributed by atoms with E-state index in [4.69, 9.17) is 9.47 Å². The summed E-state index contributed by atoms with van der Waals surface area (Å²) in [6, 6.07) is 16.1. The standard InChI is InChI=1S/C18H13NO3/c19-12-15(17(20)13-5-2-1-3-6-13)11-14-7-4-8-16-18(14)22-10-9-21-16/h1-8,11H,9-10H2/b15-11-. The van der Waals surface area contributed by atoms with Gasteiger partial charge in [0.05, 0.1) is 0 Å². The summed E-state index contributed by atoms with van der Waals surface area (Å²) in [6.07, 6.45) is 1.54. The number of hydrogen-bond donors (Lipinski definition) is 0.